The molecular formula is C12H21NO4S. The summed E-state index contributed by atoms with van der Waals surface area (Å²) in [5.41, 5.74) is 0. The molecule has 0 aromatic rings. The lowest BCUT2D eigenvalue weighted by Crippen LogP contribution is -2.42. The van der Waals surface area contributed by atoms with Crippen molar-refractivity contribution >= 4 is 16.0 Å². The van der Waals surface area contributed by atoms with Crippen molar-refractivity contribution in [3.63, 3.8) is 0 Å². The summed E-state index contributed by atoms with van der Waals surface area (Å²) >= 11 is 0. The minimum absolute atomic E-state index is 0.00624. The SMILES string of the molecule is CS(=O)(=O)N1CCCC1C(=O)OC1CCCCC1. The van der Waals surface area contributed by atoms with Crippen molar-refractivity contribution in [1.29, 1.82) is 0 Å². The van der Waals surface area contributed by atoms with Gasteiger partial charge in [-0.25, -0.2) is 8.42 Å². The highest BCUT2D eigenvalue weighted by Gasteiger charge is 2.38. The molecule has 0 amide bonds. The van der Waals surface area contributed by atoms with E-state index in [1.165, 1.54) is 10.7 Å². The smallest absolute Gasteiger partial charge is 0.324 e. The van der Waals surface area contributed by atoms with Crippen LogP contribution in [0.5, 0.6) is 0 Å². The van der Waals surface area contributed by atoms with Crippen LogP contribution in [0.4, 0.5) is 0 Å². The Balaban J connectivity index is 1.95. The number of carbonyl (C=O) groups excluding carboxylic acids is 1. The largest absolute Gasteiger partial charge is 0.461 e. The number of hydrogen-bond acceptors (Lipinski definition) is 4. The van der Waals surface area contributed by atoms with Crippen molar-refractivity contribution in [1.82, 2.24) is 4.31 Å². The first-order valence-corrected chi connectivity index (χ1v) is 8.50. The zero-order chi connectivity index (χ0) is 13.2. The average molecular weight is 275 g/mol. The molecule has 2 aliphatic rings. The van der Waals surface area contributed by atoms with Gasteiger partial charge in [-0.15, -0.1) is 0 Å². The van der Waals surface area contributed by atoms with E-state index >= 15 is 0 Å². The van der Waals surface area contributed by atoms with Crippen LogP contribution in [0.1, 0.15) is 44.9 Å². The van der Waals surface area contributed by atoms with Crippen LogP contribution in [0.2, 0.25) is 0 Å². The Bertz CT molecular complexity index is 400. The topological polar surface area (TPSA) is 63.7 Å². The lowest BCUT2D eigenvalue weighted by molar-refractivity contribution is -0.154. The van der Waals surface area contributed by atoms with Gasteiger partial charge >= 0.3 is 5.97 Å². The average Bonchev–Trinajstić information content (AvgIpc) is 2.79. The molecule has 0 bridgehead atoms. The predicted octanol–water partition coefficient (Wildman–Crippen LogP) is 1.29. The molecule has 18 heavy (non-hydrogen) atoms. The minimum atomic E-state index is -3.31. The molecule has 1 saturated heterocycles. The second-order valence-corrected chi connectivity index (χ2v) is 7.16. The van der Waals surface area contributed by atoms with Crippen LogP contribution in [-0.4, -0.2) is 43.6 Å². The lowest BCUT2D eigenvalue weighted by Gasteiger charge is -2.26. The van der Waals surface area contributed by atoms with Crippen molar-refractivity contribution in [2.24, 2.45) is 0 Å². The second-order valence-electron chi connectivity index (χ2n) is 5.23. The number of hydrogen-bond donors (Lipinski definition) is 0. The van der Waals surface area contributed by atoms with Crippen LogP contribution in [-0.2, 0) is 19.6 Å². The first-order valence-electron chi connectivity index (χ1n) is 6.66. The molecule has 0 N–H and O–H groups in total. The Morgan fingerprint density at radius 3 is 2.39 bits per heavy atom. The third kappa shape index (κ3) is 3.23. The summed E-state index contributed by atoms with van der Waals surface area (Å²) in [5, 5.41) is 0. The summed E-state index contributed by atoms with van der Waals surface area (Å²) in [6, 6.07) is -0.595. The normalized spacial score (nSPS) is 27.3. The van der Waals surface area contributed by atoms with E-state index in [1.807, 2.05) is 0 Å². The standard InChI is InChI=1S/C12H21NO4S/c1-18(15,16)13-9-5-8-11(13)12(14)17-10-6-3-2-4-7-10/h10-11H,2-9H2,1H3. The first-order chi connectivity index (χ1) is 8.48. The molecule has 0 aromatic heterocycles. The summed E-state index contributed by atoms with van der Waals surface area (Å²) < 4.78 is 29.8. The highest BCUT2D eigenvalue weighted by atomic mass is 32.2. The molecule has 0 spiro atoms. The van der Waals surface area contributed by atoms with Crippen molar-refractivity contribution in [3.05, 3.63) is 0 Å². The molecule has 2 rings (SSSR count). The monoisotopic (exact) mass is 275 g/mol. The van der Waals surface area contributed by atoms with Gasteiger partial charge in [0.25, 0.3) is 0 Å². The van der Waals surface area contributed by atoms with Crippen molar-refractivity contribution in [2.75, 3.05) is 12.8 Å². The molecular weight excluding hydrogens is 254 g/mol. The summed E-state index contributed by atoms with van der Waals surface area (Å²) in [5.74, 6) is -0.357. The van der Waals surface area contributed by atoms with E-state index in [9.17, 15) is 13.2 Å². The van der Waals surface area contributed by atoms with Gasteiger partial charge in [0.05, 0.1) is 6.26 Å². The van der Waals surface area contributed by atoms with Crippen molar-refractivity contribution in [3.8, 4) is 0 Å². The summed E-state index contributed by atoms with van der Waals surface area (Å²) in [6.45, 7) is 0.434. The Labute approximate surface area is 109 Å². The van der Waals surface area contributed by atoms with Crippen LogP contribution in [0.3, 0.4) is 0 Å². The molecule has 1 atom stereocenters. The molecule has 104 valence electrons. The lowest BCUT2D eigenvalue weighted by atomic mass is 9.98. The molecule has 0 aromatic carbocycles. The Morgan fingerprint density at radius 2 is 1.78 bits per heavy atom. The Kier molecular flexibility index (Phi) is 4.27. The van der Waals surface area contributed by atoms with Crippen molar-refractivity contribution in [2.45, 2.75) is 57.1 Å². The maximum atomic E-state index is 12.0. The first kappa shape index (κ1) is 13.8. The van der Waals surface area contributed by atoms with Gasteiger partial charge in [-0.2, -0.15) is 4.31 Å². The number of esters is 1. The van der Waals surface area contributed by atoms with E-state index in [0.717, 1.165) is 38.4 Å². The van der Waals surface area contributed by atoms with E-state index in [-0.39, 0.29) is 12.1 Å². The summed E-state index contributed by atoms with van der Waals surface area (Å²) in [7, 11) is -3.31. The zero-order valence-electron chi connectivity index (χ0n) is 10.8. The number of ether oxygens (including phenoxy) is 1. The fraction of sp³-hybridized carbons (Fsp3) is 0.917. The van der Waals surface area contributed by atoms with Crippen LogP contribution in [0, 0.1) is 0 Å². The van der Waals surface area contributed by atoms with E-state index in [1.54, 1.807) is 0 Å². The van der Waals surface area contributed by atoms with Crippen LogP contribution < -0.4 is 0 Å². The molecule has 1 aliphatic carbocycles. The number of carbonyl (C=O) groups is 1. The van der Waals surface area contributed by atoms with Gasteiger partial charge in [0.1, 0.15) is 12.1 Å². The van der Waals surface area contributed by atoms with Gasteiger partial charge in [-0.1, -0.05) is 6.42 Å². The molecule has 1 heterocycles. The van der Waals surface area contributed by atoms with E-state index in [4.69, 9.17) is 4.74 Å². The molecule has 2 fully saturated rings. The van der Waals surface area contributed by atoms with Gasteiger partial charge < -0.3 is 4.74 Å². The van der Waals surface area contributed by atoms with E-state index in [0.29, 0.717) is 13.0 Å². The predicted molar refractivity (Wildman–Crippen MR) is 67.5 cm³/mol. The summed E-state index contributed by atoms with van der Waals surface area (Å²) in [4.78, 5) is 12.0. The van der Waals surface area contributed by atoms with Gasteiger partial charge in [0.2, 0.25) is 10.0 Å². The molecule has 1 unspecified atom stereocenters. The van der Waals surface area contributed by atoms with Crippen LogP contribution >= 0.6 is 0 Å². The molecule has 6 heteroatoms. The van der Waals surface area contributed by atoms with Gasteiger partial charge in [0, 0.05) is 6.54 Å². The van der Waals surface area contributed by atoms with E-state index in [2.05, 4.69) is 0 Å². The molecule has 5 nitrogen and oxygen atoms in total. The Hall–Kier alpha value is -0.620. The minimum Gasteiger partial charge on any atom is -0.461 e. The number of rotatable bonds is 3. The third-order valence-electron chi connectivity index (χ3n) is 3.74. The van der Waals surface area contributed by atoms with Crippen molar-refractivity contribution < 1.29 is 17.9 Å². The third-order valence-corrected chi connectivity index (χ3v) is 5.03. The summed E-state index contributed by atoms with van der Waals surface area (Å²) in [6.07, 6.45) is 7.68. The quantitative estimate of drug-likeness (QED) is 0.728. The number of sulfonamides is 1. The fourth-order valence-electron chi connectivity index (χ4n) is 2.80. The number of nitrogens with zero attached hydrogens (tertiary/aromatic N) is 1. The van der Waals surface area contributed by atoms with Gasteiger partial charge in [-0.3, -0.25) is 4.79 Å². The second kappa shape index (κ2) is 5.57. The van der Waals surface area contributed by atoms with Crippen LogP contribution in [0.15, 0.2) is 0 Å². The maximum absolute atomic E-state index is 12.0. The zero-order valence-corrected chi connectivity index (χ0v) is 11.6. The van der Waals surface area contributed by atoms with Gasteiger partial charge in [-0.05, 0) is 38.5 Å². The highest BCUT2D eigenvalue weighted by Crippen LogP contribution is 2.25. The Morgan fingerprint density at radius 1 is 1.11 bits per heavy atom. The van der Waals surface area contributed by atoms with E-state index < -0.39 is 16.1 Å². The fourth-order valence-corrected chi connectivity index (χ4v) is 3.91. The maximum Gasteiger partial charge on any atom is 0.324 e. The molecule has 1 saturated carbocycles. The highest BCUT2D eigenvalue weighted by molar-refractivity contribution is 7.88. The molecule has 1 aliphatic heterocycles. The van der Waals surface area contributed by atoms with Gasteiger partial charge in [0.15, 0.2) is 0 Å². The molecule has 0 radical (unpaired) electrons. The van der Waals surface area contributed by atoms with Crippen LogP contribution in [0.25, 0.3) is 0 Å².